The van der Waals surface area contributed by atoms with Crippen LogP contribution in [0, 0.1) is 0 Å². The van der Waals surface area contributed by atoms with Crippen LogP contribution in [0.1, 0.15) is 18.9 Å². The highest BCUT2D eigenvalue weighted by molar-refractivity contribution is 7.99. The Kier molecular flexibility index (Phi) is 8.75. The van der Waals surface area contributed by atoms with E-state index in [0.717, 1.165) is 22.1 Å². The summed E-state index contributed by atoms with van der Waals surface area (Å²) in [6.07, 6.45) is -0.300. The van der Waals surface area contributed by atoms with Crippen LogP contribution < -0.4 is 5.32 Å². The molecular formula is C20H18Cl3N5O3S. The van der Waals surface area contributed by atoms with Gasteiger partial charge in [0.25, 0.3) is 0 Å². The van der Waals surface area contributed by atoms with E-state index in [9.17, 15) is 9.59 Å². The van der Waals surface area contributed by atoms with Gasteiger partial charge in [-0.05, 0) is 41.1 Å². The fourth-order valence-electron chi connectivity index (χ4n) is 2.60. The van der Waals surface area contributed by atoms with Gasteiger partial charge in [-0.3, -0.25) is 4.79 Å². The average Bonchev–Trinajstić information content (AvgIpc) is 3.23. The predicted molar refractivity (Wildman–Crippen MR) is 122 cm³/mol. The second kappa shape index (κ2) is 11.5. The maximum absolute atomic E-state index is 12.6. The van der Waals surface area contributed by atoms with E-state index in [1.165, 1.54) is 0 Å². The molecule has 0 radical (unpaired) electrons. The number of aromatic nitrogens is 4. The van der Waals surface area contributed by atoms with Crippen molar-refractivity contribution in [3.05, 3.63) is 63.1 Å². The lowest BCUT2D eigenvalue weighted by Gasteiger charge is -2.15. The number of nitrogens with zero attached hydrogens (tertiary/aromatic N) is 4. The van der Waals surface area contributed by atoms with Crippen LogP contribution in [0.5, 0.6) is 0 Å². The standard InChI is InChI=1S/C20H18Cl3N5O3S/c1-2-15(24-20(30)31-11-12-6-4-3-5-7-12)16(29)10-28-26-19(25-27-28)32-18-14(22)9-8-13(21)17(18)23/h3-9,15H,2,10-11H2,1H3,(H,24,30). The molecule has 1 amide bonds. The van der Waals surface area contributed by atoms with Crippen LogP contribution in [0.2, 0.25) is 15.1 Å². The van der Waals surface area contributed by atoms with Crippen molar-refractivity contribution in [2.45, 2.75) is 42.6 Å². The van der Waals surface area contributed by atoms with E-state index in [4.69, 9.17) is 39.5 Å². The van der Waals surface area contributed by atoms with E-state index < -0.39 is 12.1 Å². The molecule has 0 aliphatic rings. The van der Waals surface area contributed by atoms with E-state index >= 15 is 0 Å². The van der Waals surface area contributed by atoms with Gasteiger partial charge in [0.15, 0.2) is 5.78 Å². The fraction of sp³-hybridized carbons (Fsp3) is 0.250. The van der Waals surface area contributed by atoms with E-state index in [-0.39, 0.29) is 29.1 Å². The lowest BCUT2D eigenvalue weighted by Crippen LogP contribution is -2.42. The van der Waals surface area contributed by atoms with Gasteiger partial charge in [0, 0.05) is 0 Å². The normalized spacial score (nSPS) is 11.8. The molecule has 3 aromatic rings. The van der Waals surface area contributed by atoms with Crippen molar-refractivity contribution in [2.75, 3.05) is 0 Å². The van der Waals surface area contributed by atoms with Gasteiger partial charge >= 0.3 is 6.09 Å². The summed E-state index contributed by atoms with van der Waals surface area (Å²) in [4.78, 5) is 26.3. The molecule has 8 nitrogen and oxygen atoms in total. The smallest absolute Gasteiger partial charge is 0.408 e. The lowest BCUT2D eigenvalue weighted by atomic mass is 10.1. The van der Waals surface area contributed by atoms with Crippen LogP contribution in [-0.4, -0.2) is 38.1 Å². The number of carbonyl (C=O) groups excluding carboxylic acids is 2. The van der Waals surface area contributed by atoms with Crippen LogP contribution in [0.15, 0.2) is 52.5 Å². The Hall–Kier alpha value is -2.33. The van der Waals surface area contributed by atoms with E-state index in [0.29, 0.717) is 21.4 Å². The van der Waals surface area contributed by atoms with E-state index in [2.05, 4.69) is 20.7 Å². The lowest BCUT2D eigenvalue weighted by molar-refractivity contribution is -0.122. The number of nitrogens with one attached hydrogen (secondary N) is 1. The van der Waals surface area contributed by atoms with E-state index in [1.54, 1.807) is 19.1 Å². The molecule has 0 saturated heterocycles. The van der Waals surface area contributed by atoms with Gasteiger partial charge in [-0.15, -0.1) is 10.2 Å². The fourth-order valence-corrected chi connectivity index (χ4v) is 4.17. The number of amides is 1. The number of benzene rings is 2. The van der Waals surface area contributed by atoms with Gasteiger partial charge in [0.1, 0.15) is 13.2 Å². The summed E-state index contributed by atoms with van der Waals surface area (Å²) in [5.74, 6) is -0.295. The Morgan fingerprint density at radius 1 is 1.12 bits per heavy atom. The molecule has 0 fully saturated rings. The van der Waals surface area contributed by atoms with E-state index in [1.807, 2.05) is 30.3 Å². The Balaban J connectivity index is 1.56. The highest BCUT2D eigenvalue weighted by atomic mass is 35.5. The number of hydrogen-bond acceptors (Lipinski definition) is 7. The maximum Gasteiger partial charge on any atom is 0.408 e. The van der Waals surface area contributed by atoms with Gasteiger partial charge in [-0.2, -0.15) is 4.80 Å². The summed E-state index contributed by atoms with van der Waals surface area (Å²) in [7, 11) is 0. The highest BCUT2D eigenvalue weighted by Crippen LogP contribution is 2.40. The third kappa shape index (κ3) is 6.59. The number of Topliss-reactive ketones (excluding diaryl/α,β-unsaturated/α-hetero) is 1. The number of carbonyl (C=O) groups is 2. The summed E-state index contributed by atoms with van der Waals surface area (Å²) in [6, 6.07) is 11.7. The van der Waals surface area contributed by atoms with Gasteiger partial charge < -0.3 is 10.1 Å². The molecule has 0 bridgehead atoms. The Morgan fingerprint density at radius 2 is 1.84 bits per heavy atom. The quantitative estimate of drug-likeness (QED) is 0.398. The largest absolute Gasteiger partial charge is 0.445 e. The van der Waals surface area contributed by atoms with Crippen LogP contribution in [0.4, 0.5) is 4.79 Å². The molecule has 12 heteroatoms. The van der Waals surface area contributed by atoms with Crippen molar-refractivity contribution in [3.8, 4) is 0 Å². The average molecular weight is 515 g/mol. The summed E-state index contributed by atoms with van der Waals surface area (Å²) >= 11 is 19.4. The second-order valence-electron chi connectivity index (χ2n) is 6.51. The molecule has 168 valence electrons. The molecular weight excluding hydrogens is 497 g/mol. The number of alkyl carbamates (subject to hydrolysis) is 1. The van der Waals surface area contributed by atoms with Crippen molar-refractivity contribution in [3.63, 3.8) is 0 Å². The first-order valence-corrected chi connectivity index (χ1v) is 11.4. The van der Waals surface area contributed by atoms with Crippen LogP contribution in [0.25, 0.3) is 0 Å². The van der Waals surface area contributed by atoms with Gasteiger partial charge in [0.05, 0.1) is 26.0 Å². The Bertz CT molecular complexity index is 1100. The first-order chi connectivity index (χ1) is 15.4. The van der Waals surface area contributed by atoms with Crippen molar-refractivity contribution >= 4 is 58.4 Å². The van der Waals surface area contributed by atoms with Gasteiger partial charge in [0.2, 0.25) is 5.16 Å². The second-order valence-corrected chi connectivity index (χ2v) is 8.68. The molecule has 1 unspecified atom stereocenters. The zero-order valence-electron chi connectivity index (χ0n) is 16.8. The summed E-state index contributed by atoms with van der Waals surface area (Å²) in [5.41, 5.74) is 0.846. The Labute approximate surface area is 203 Å². The molecule has 1 atom stereocenters. The summed E-state index contributed by atoms with van der Waals surface area (Å²) in [5, 5.41) is 15.8. The molecule has 2 aromatic carbocycles. The van der Waals surface area contributed by atoms with Gasteiger partial charge in [-0.25, -0.2) is 4.79 Å². The number of halogens is 3. The molecule has 0 saturated carbocycles. The minimum Gasteiger partial charge on any atom is -0.445 e. The van der Waals surface area contributed by atoms with Crippen LogP contribution in [-0.2, 0) is 22.7 Å². The Morgan fingerprint density at radius 3 is 2.56 bits per heavy atom. The molecule has 1 aromatic heterocycles. The SMILES string of the molecule is CCC(NC(=O)OCc1ccccc1)C(=O)Cn1nnc(Sc2c(Cl)ccc(Cl)c2Cl)n1. The maximum atomic E-state index is 12.6. The third-order valence-corrected chi connectivity index (χ3v) is 6.55. The number of rotatable bonds is 9. The summed E-state index contributed by atoms with van der Waals surface area (Å²) in [6.45, 7) is 1.71. The first kappa shape index (κ1) is 24.3. The van der Waals surface area contributed by atoms with Crippen molar-refractivity contribution in [1.82, 2.24) is 25.5 Å². The van der Waals surface area contributed by atoms with Gasteiger partial charge in [-0.1, -0.05) is 72.1 Å². The van der Waals surface area contributed by atoms with Crippen molar-refractivity contribution in [1.29, 1.82) is 0 Å². The number of ether oxygens (including phenoxy) is 1. The zero-order valence-corrected chi connectivity index (χ0v) is 19.9. The zero-order chi connectivity index (χ0) is 23.1. The topological polar surface area (TPSA) is 99.0 Å². The minimum absolute atomic E-state index is 0.108. The molecule has 0 aliphatic heterocycles. The van der Waals surface area contributed by atoms with Crippen LogP contribution in [0.3, 0.4) is 0 Å². The number of hydrogen-bond donors (Lipinski definition) is 1. The minimum atomic E-state index is -0.753. The molecule has 0 spiro atoms. The third-order valence-electron chi connectivity index (χ3n) is 4.23. The molecule has 32 heavy (non-hydrogen) atoms. The number of tetrazole rings is 1. The monoisotopic (exact) mass is 513 g/mol. The molecule has 0 aliphatic carbocycles. The number of ketones is 1. The summed E-state index contributed by atoms with van der Waals surface area (Å²) < 4.78 is 5.17. The molecule has 1 heterocycles. The first-order valence-electron chi connectivity index (χ1n) is 9.46. The predicted octanol–water partition coefficient (Wildman–Crippen LogP) is 5.06. The van der Waals surface area contributed by atoms with Crippen molar-refractivity contribution < 1.29 is 14.3 Å². The van der Waals surface area contributed by atoms with Crippen LogP contribution >= 0.6 is 46.6 Å². The molecule has 1 N–H and O–H groups in total. The van der Waals surface area contributed by atoms with Crippen molar-refractivity contribution in [2.24, 2.45) is 0 Å². The highest BCUT2D eigenvalue weighted by Gasteiger charge is 2.22. The molecule has 3 rings (SSSR count).